The Morgan fingerprint density at radius 3 is 2.77 bits per heavy atom. The van der Waals surface area contributed by atoms with Crippen LogP contribution in [-0.4, -0.2) is 59.6 Å². The van der Waals surface area contributed by atoms with E-state index in [-0.39, 0.29) is 18.4 Å². The van der Waals surface area contributed by atoms with E-state index in [0.717, 1.165) is 11.3 Å². The summed E-state index contributed by atoms with van der Waals surface area (Å²) in [4.78, 5) is 27.7. The maximum absolute atomic E-state index is 12.6. The van der Waals surface area contributed by atoms with Gasteiger partial charge in [-0.15, -0.1) is 0 Å². The maximum atomic E-state index is 12.6. The predicted molar refractivity (Wildman–Crippen MR) is 98.4 cm³/mol. The number of carbonyl (C=O) groups excluding carboxylic acids is 2. The normalized spacial score (nSPS) is 22.8. The molecule has 0 unspecified atom stereocenters. The van der Waals surface area contributed by atoms with E-state index in [0.29, 0.717) is 28.8 Å². The van der Waals surface area contributed by atoms with Gasteiger partial charge in [-0.25, -0.2) is 0 Å². The number of methoxy groups -OCH3 is 1. The second-order valence-corrected chi connectivity index (χ2v) is 7.16. The fraction of sp³-hybridized carbons (Fsp3) is 0.444. The first-order valence-corrected chi connectivity index (χ1v) is 9.08. The second kappa shape index (κ2) is 7.47. The van der Waals surface area contributed by atoms with Gasteiger partial charge in [-0.1, -0.05) is 29.3 Å². The zero-order chi connectivity index (χ0) is 19.0. The largest absolute Gasteiger partial charge is 0.496 e. The molecule has 0 radical (unpaired) electrons. The van der Waals surface area contributed by atoms with Gasteiger partial charge in [0.2, 0.25) is 11.8 Å². The van der Waals surface area contributed by atoms with Gasteiger partial charge < -0.3 is 19.6 Å². The van der Waals surface area contributed by atoms with Crippen LogP contribution in [0.5, 0.6) is 5.75 Å². The number of rotatable bonds is 3. The van der Waals surface area contributed by atoms with Crippen LogP contribution in [0.1, 0.15) is 24.8 Å². The Morgan fingerprint density at radius 1 is 1.38 bits per heavy atom. The van der Waals surface area contributed by atoms with Gasteiger partial charge in [0, 0.05) is 23.7 Å². The van der Waals surface area contributed by atoms with E-state index in [1.54, 1.807) is 31.1 Å². The summed E-state index contributed by atoms with van der Waals surface area (Å²) in [5.74, 6) is -0.0676. The lowest BCUT2D eigenvalue weighted by Crippen LogP contribution is -2.57. The highest BCUT2D eigenvalue weighted by atomic mass is 35.5. The first-order valence-electron chi connectivity index (χ1n) is 8.33. The number of piperazine rings is 1. The molecule has 6 nitrogen and oxygen atoms in total. The van der Waals surface area contributed by atoms with Gasteiger partial charge in [-0.3, -0.25) is 9.59 Å². The van der Waals surface area contributed by atoms with Crippen LogP contribution >= 0.6 is 23.2 Å². The summed E-state index contributed by atoms with van der Waals surface area (Å²) < 4.78 is 5.43. The first kappa shape index (κ1) is 19.0. The lowest BCUT2D eigenvalue weighted by atomic mass is 9.89. The van der Waals surface area contributed by atoms with Crippen molar-refractivity contribution in [3.05, 3.63) is 39.5 Å². The number of aliphatic hydroxyl groups excluding tert-OH is 1. The number of aliphatic hydroxyl groups is 1. The smallest absolute Gasteiger partial charge is 0.249 e. The average molecular weight is 399 g/mol. The molecule has 0 aliphatic carbocycles. The Bertz CT molecular complexity index is 781. The summed E-state index contributed by atoms with van der Waals surface area (Å²) in [5.41, 5.74) is 1.50. The number of carbonyl (C=O) groups is 2. The summed E-state index contributed by atoms with van der Waals surface area (Å²) in [7, 11) is 1.57. The quantitative estimate of drug-likeness (QED) is 0.848. The molecule has 1 fully saturated rings. The van der Waals surface area contributed by atoms with Crippen LogP contribution in [0.3, 0.4) is 0 Å². The van der Waals surface area contributed by atoms with Crippen LogP contribution in [0.15, 0.2) is 23.9 Å². The summed E-state index contributed by atoms with van der Waals surface area (Å²) in [6, 6.07) is 2.86. The molecule has 1 aromatic carbocycles. The lowest BCUT2D eigenvalue weighted by molar-refractivity contribution is -0.149. The fourth-order valence-corrected chi connectivity index (χ4v) is 4.03. The van der Waals surface area contributed by atoms with Gasteiger partial charge in [0.15, 0.2) is 0 Å². The van der Waals surface area contributed by atoms with Crippen LogP contribution in [0.2, 0.25) is 10.0 Å². The Morgan fingerprint density at radius 2 is 2.12 bits per heavy atom. The summed E-state index contributed by atoms with van der Waals surface area (Å²) in [6.45, 7) is 1.84. The molecule has 0 aromatic heterocycles. The lowest BCUT2D eigenvalue weighted by Gasteiger charge is -2.43. The maximum Gasteiger partial charge on any atom is 0.249 e. The predicted octanol–water partition coefficient (Wildman–Crippen LogP) is 2.42. The van der Waals surface area contributed by atoms with Crippen LogP contribution < -0.4 is 4.74 Å². The number of ether oxygens (including phenoxy) is 1. The third kappa shape index (κ3) is 3.17. The van der Waals surface area contributed by atoms with E-state index in [1.807, 2.05) is 6.08 Å². The zero-order valence-corrected chi connectivity index (χ0v) is 16.0. The van der Waals surface area contributed by atoms with Crippen molar-refractivity contribution in [1.29, 1.82) is 0 Å². The zero-order valence-electron chi connectivity index (χ0n) is 14.5. The molecule has 2 aliphatic rings. The molecule has 0 bridgehead atoms. The molecule has 140 valence electrons. The number of amides is 2. The average Bonchev–Trinajstić information content (AvgIpc) is 2.65. The van der Waals surface area contributed by atoms with Crippen LogP contribution in [0, 0.1) is 0 Å². The number of halogens is 2. The van der Waals surface area contributed by atoms with Gasteiger partial charge in [-0.05, 0) is 25.5 Å². The van der Waals surface area contributed by atoms with E-state index >= 15 is 0 Å². The second-order valence-electron chi connectivity index (χ2n) is 6.38. The monoisotopic (exact) mass is 398 g/mol. The Labute approximate surface area is 161 Å². The van der Waals surface area contributed by atoms with Crippen molar-refractivity contribution in [2.45, 2.75) is 25.3 Å². The SMILES string of the molecule is COc1ccc(Cl)c(Cl)c1[C@H]1C=C2CN(C(=O)CO)[C@H](C)C(=O)N2CC1. The molecule has 8 heteroatoms. The summed E-state index contributed by atoms with van der Waals surface area (Å²) in [6.07, 6.45) is 2.61. The third-order valence-corrected chi connectivity index (χ3v) is 5.79. The molecule has 1 saturated heterocycles. The molecular formula is C18H20Cl2N2O4. The van der Waals surface area contributed by atoms with Gasteiger partial charge in [0.1, 0.15) is 18.4 Å². The number of fused-ring (bicyclic) bond motifs is 1. The van der Waals surface area contributed by atoms with E-state index in [4.69, 9.17) is 33.0 Å². The molecule has 2 amide bonds. The van der Waals surface area contributed by atoms with Crippen molar-refractivity contribution in [1.82, 2.24) is 9.80 Å². The molecule has 0 spiro atoms. The van der Waals surface area contributed by atoms with Crippen LogP contribution in [-0.2, 0) is 9.59 Å². The molecule has 2 atom stereocenters. The Balaban J connectivity index is 1.99. The molecule has 0 saturated carbocycles. The van der Waals surface area contributed by atoms with Crippen molar-refractivity contribution < 1.29 is 19.4 Å². The number of allylic oxidation sites excluding steroid dienone is 1. The highest BCUT2D eigenvalue weighted by molar-refractivity contribution is 6.42. The van der Waals surface area contributed by atoms with Crippen molar-refractivity contribution in [3.8, 4) is 5.75 Å². The molecule has 2 heterocycles. The number of nitrogens with zero attached hydrogens (tertiary/aromatic N) is 2. The number of hydrogen-bond acceptors (Lipinski definition) is 4. The summed E-state index contributed by atoms with van der Waals surface area (Å²) in [5, 5.41) is 10.0. The molecule has 1 aromatic rings. The number of hydrogen-bond donors (Lipinski definition) is 1. The molecular weight excluding hydrogens is 379 g/mol. The van der Waals surface area contributed by atoms with E-state index in [9.17, 15) is 9.59 Å². The number of benzene rings is 1. The minimum absolute atomic E-state index is 0.0883. The molecule has 1 N–H and O–H groups in total. The van der Waals surface area contributed by atoms with E-state index in [1.165, 1.54) is 4.90 Å². The standard InChI is InChI=1S/C18H20Cl2N2O4/c1-10-18(25)21-6-5-11(7-12(21)8-22(10)15(24)9-23)16-14(26-2)4-3-13(19)17(16)20/h3-4,7,10-11,23H,5-6,8-9H2,1-2H3/t10-,11-/m1/s1. The molecule has 3 rings (SSSR count). The van der Waals surface area contributed by atoms with Gasteiger partial charge in [-0.2, -0.15) is 0 Å². The van der Waals surface area contributed by atoms with E-state index in [2.05, 4.69) is 0 Å². The first-order chi connectivity index (χ1) is 12.4. The van der Waals surface area contributed by atoms with Crippen molar-refractivity contribution in [2.24, 2.45) is 0 Å². The topological polar surface area (TPSA) is 70.1 Å². The Kier molecular flexibility index (Phi) is 5.46. The van der Waals surface area contributed by atoms with Crippen LogP contribution in [0.25, 0.3) is 0 Å². The van der Waals surface area contributed by atoms with Crippen molar-refractivity contribution in [3.63, 3.8) is 0 Å². The minimum atomic E-state index is -0.623. The highest BCUT2D eigenvalue weighted by Gasteiger charge is 2.39. The minimum Gasteiger partial charge on any atom is -0.496 e. The highest BCUT2D eigenvalue weighted by Crippen LogP contribution is 2.42. The fourth-order valence-electron chi connectivity index (χ4n) is 3.57. The van der Waals surface area contributed by atoms with Gasteiger partial charge in [0.05, 0.1) is 23.7 Å². The van der Waals surface area contributed by atoms with Crippen LogP contribution in [0.4, 0.5) is 0 Å². The van der Waals surface area contributed by atoms with E-state index < -0.39 is 18.6 Å². The van der Waals surface area contributed by atoms with Crippen molar-refractivity contribution >= 4 is 35.0 Å². The van der Waals surface area contributed by atoms with Gasteiger partial charge >= 0.3 is 0 Å². The Hall–Kier alpha value is -1.76. The molecule has 26 heavy (non-hydrogen) atoms. The third-order valence-electron chi connectivity index (χ3n) is 4.97. The van der Waals surface area contributed by atoms with Gasteiger partial charge in [0.25, 0.3) is 0 Å². The summed E-state index contributed by atoms with van der Waals surface area (Å²) >= 11 is 12.6. The van der Waals surface area contributed by atoms with Crippen molar-refractivity contribution in [2.75, 3.05) is 26.8 Å². The molecule has 2 aliphatic heterocycles.